The second-order valence-electron chi connectivity index (χ2n) is 9.37. The highest BCUT2D eigenvalue weighted by molar-refractivity contribution is 5.69. The molecule has 2 aromatic rings. The van der Waals surface area contributed by atoms with Crippen LogP contribution >= 0.6 is 0 Å². The Hall–Kier alpha value is -1.89. The Bertz CT molecular complexity index is 911. The molecule has 0 saturated carbocycles. The van der Waals surface area contributed by atoms with Crippen molar-refractivity contribution in [2.45, 2.75) is 96.9 Å². The van der Waals surface area contributed by atoms with Crippen LogP contribution in [0.15, 0.2) is 15.9 Å². The van der Waals surface area contributed by atoms with Gasteiger partial charge in [0.25, 0.3) is 5.56 Å². The summed E-state index contributed by atoms with van der Waals surface area (Å²) in [6, 6.07) is 0. The van der Waals surface area contributed by atoms with E-state index >= 15 is 0 Å². The molecule has 2 rings (SSSR count). The summed E-state index contributed by atoms with van der Waals surface area (Å²) in [6.45, 7) is 5.22. The van der Waals surface area contributed by atoms with Gasteiger partial charge in [0.2, 0.25) is 0 Å². The van der Waals surface area contributed by atoms with Gasteiger partial charge in [0.1, 0.15) is 0 Å². The molecule has 0 saturated heterocycles. The van der Waals surface area contributed by atoms with Crippen molar-refractivity contribution in [2.75, 3.05) is 20.1 Å². The fourth-order valence-corrected chi connectivity index (χ4v) is 4.40. The molecule has 0 aliphatic heterocycles. The fraction of sp³-hybridized carbons (Fsp3) is 0.800. The Kier molecular flexibility index (Phi) is 11.8. The summed E-state index contributed by atoms with van der Waals surface area (Å²) in [6.07, 6.45) is 17.9. The second-order valence-corrected chi connectivity index (χ2v) is 9.37. The van der Waals surface area contributed by atoms with Crippen molar-refractivity contribution in [1.82, 2.24) is 23.6 Å². The summed E-state index contributed by atoms with van der Waals surface area (Å²) >= 11 is 0. The van der Waals surface area contributed by atoms with E-state index in [0.29, 0.717) is 17.7 Å². The van der Waals surface area contributed by atoms with Gasteiger partial charge < -0.3 is 9.47 Å². The highest BCUT2D eigenvalue weighted by Crippen LogP contribution is 2.11. The average molecular weight is 448 g/mol. The summed E-state index contributed by atoms with van der Waals surface area (Å²) < 4.78 is 4.53. The first kappa shape index (κ1) is 26.4. The third-order valence-electron chi connectivity index (χ3n) is 6.52. The Morgan fingerprint density at radius 1 is 0.812 bits per heavy atom. The van der Waals surface area contributed by atoms with Gasteiger partial charge in [-0.05, 0) is 39.4 Å². The summed E-state index contributed by atoms with van der Waals surface area (Å²) in [4.78, 5) is 31.8. The highest BCUT2D eigenvalue weighted by atomic mass is 16.2. The van der Waals surface area contributed by atoms with E-state index in [1.165, 1.54) is 92.9 Å². The van der Waals surface area contributed by atoms with E-state index in [1.807, 2.05) is 0 Å². The van der Waals surface area contributed by atoms with Gasteiger partial charge in [0.15, 0.2) is 11.2 Å². The minimum Gasteiger partial charge on any atom is -0.328 e. The zero-order valence-corrected chi connectivity index (χ0v) is 20.9. The maximum absolute atomic E-state index is 12.7. The van der Waals surface area contributed by atoms with E-state index in [2.05, 4.69) is 23.9 Å². The molecule has 0 spiro atoms. The lowest BCUT2D eigenvalue weighted by atomic mass is 10.1. The van der Waals surface area contributed by atoms with Crippen molar-refractivity contribution in [1.29, 1.82) is 0 Å². The lowest BCUT2D eigenvalue weighted by Crippen LogP contribution is -2.39. The normalized spacial score (nSPS) is 11.8. The third kappa shape index (κ3) is 7.91. The molecule has 32 heavy (non-hydrogen) atoms. The maximum atomic E-state index is 12.7. The van der Waals surface area contributed by atoms with Crippen LogP contribution in [-0.2, 0) is 20.6 Å². The number of aromatic nitrogens is 4. The topological polar surface area (TPSA) is 65.1 Å². The number of fused-ring (bicyclic) bond motifs is 1. The molecule has 0 atom stereocenters. The molecule has 0 unspecified atom stereocenters. The number of aryl methyl sites for hydroxylation is 2. The monoisotopic (exact) mass is 447 g/mol. The smallest absolute Gasteiger partial charge is 0.328 e. The number of hydrogen-bond acceptors (Lipinski definition) is 4. The van der Waals surface area contributed by atoms with E-state index in [-0.39, 0.29) is 11.2 Å². The van der Waals surface area contributed by atoms with Crippen LogP contribution in [0.5, 0.6) is 0 Å². The molecule has 0 amide bonds. The Balaban J connectivity index is 1.53. The molecule has 0 aliphatic carbocycles. The van der Waals surface area contributed by atoms with Crippen molar-refractivity contribution < 1.29 is 0 Å². The van der Waals surface area contributed by atoms with Gasteiger partial charge in [-0.1, -0.05) is 71.1 Å². The quantitative estimate of drug-likeness (QED) is 0.336. The molecule has 0 bridgehead atoms. The molecule has 2 aromatic heterocycles. The van der Waals surface area contributed by atoms with Gasteiger partial charge in [-0.15, -0.1) is 0 Å². The number of nitrogens with zero attached hydrogens (tertiary/aromatic N) is 5. The predicted octanol–water partition coefficient (Wildman–Crippen LogP) is 4.46. The van der Waals surface area contributed by atoms with Crippen LogP contribution in [0.1, 0.15) is 90.4 Å². The summed E-state index contributed by atoms with van der Waals surface area (Å²) in [5.74, 6) is 0. The minimum atomic E-state index is -0.271. The summed E-state index contributed by atoms with van der Waals surface area (Å²) in [5.41, 5.74) is 0.453. The van der Waals surface area contributed by atoms with E-state index in [9.17, 15) is 9.59 Å². The molecule has 0 fully saturated rings. The van der Waals surface area contributed by atoms with Crippen molar-refractivity contribution in [3.63, 3.8) is 0 Å². The van der Waals surface area contributed by atoms with Crippen molar-refractivity contribution in [3.8, 4) is 0 Å². The SMILES string of the molecule is CCCCCCN(C)CCCCCCCCCCCn1c(=O)c2c(ncn2C)n(C)c1=O. The Morgan fingerprint density at radius 3 is 1.94 bits per heavy atom. The van der Waals surface area contributed by atoms with Gasteiger partial charge >= 0.3 is 5.69 Å². The molecular formula is C25H45N5O2. The molecule has 182 valence electrons. The molecule has 0 N–H and O–H groups in total. The van der Waals surface area contributed by atoms with Crippen molar-refractivity contribution >= 4 is 11.2 Å². The Labute approximate surface area is 193 Å². The molecule has 7 heteroatoms. The minimum absolute atomic E-state index is 0.227. The first-order valence-corrected chi connectivity index (χ1v) is 12.8. The van der Waals surface area contributed by atoms with E-state index in [4.69, 9.17) is 0 Å². The zero-order chi connectivity index (χ0) is 23.3. The van der Waals surface area contributed by atoms with E-state index in [0.717, 1.165) is 12.8 Å². The van der Waals surface area contributed by atoms with Gasteiger partial charge in [0, 0.05) is 20.6 Å². The second kappa shape index (κ2) is 14.3. The fourth-order valence-electron chi connectivity index (χ4n) is 4.40. The summed E-state index contributed by atoms with van der Waals surface area (Å²) in [7, 11) is 5.72. The van der Waals surface area contributed by atoms with Crippen LogP contribution in [0.4, 0.5) is 0 Å². The van der Waals surface area contributed by atoms with Crippen LogP contribution in [0.3, 0.4) is 0 Å². The molecule has 7 nitrogen and oxygen atoms in total. The first-order chi connectivity index (χ1) is 15.5. The number of hydrogen-bond donors (Lipinski definition) is 0. The van der Waals surface area contributed by atoms with E-state index in [1.54, 1.807) is 25.0 Å². The first-order valence-electron chi connectivity index (χ1n) is 12.8. The molecular weight excluding hydrogens is 402 g/mol. The van der Waals surface area contributed by atoms with Gasteiger partial charge in [0.05, 0.1) is 6.33 Å². The Morgan fingerprint density at radius 2 is 1.34 bits per heavy atom. The van der Waals surface area contributed by atoms with E-state index < -0.39 is 0 Å². The lowest BCUT2D eigenvalue weighted by molar-refractivity contribution is 0.314. The predicted molar refractivity (Wildman–Crippen MR) is 133 cm³/mol. The maximum Gasteiger partial charge on any atom is 0.332 e. The van der Waals surface area contributed by atoms with Gasteiger partial charge in [-0.2, -0.15) is 0 Å². The van der Waals surface area contributed by atoms with Gasteiger partial charge in [-0.3, -0.25) is 13.9 Å². The van der Waals surface area contributed by atoms with Crippen molar-refractivity contribution in [3.05, 3.63) is 27.2 Å². The van der Waals surface area contributed by atoms with Gasteiger partial charge in [-0.25, -0.2) is 9.78 Å². The zero-order valence-electron chi connectivity index (χ0n) is 20.9. The summed E-state index contributed by atoms with van der Waals surface area (Å²) in [5, 5.41) is 0. The van der Waals surface area contributed by atoms with Crippen LogP contribution < -0.4 is 11.2 Å². The molecule has 0 aromatic carbocycles. The largest absolute Gasteiger partial charge is 0.332 e. The number of imidazole rings is 1. The number of unbranched alkanes of at least 4 members (excludes halogenated alkanes) is 11. The average Bonchev–Trinajstić information content (AvgIpc) is 3.17. The van der Waals surface area contributed by atoms with Crippen molar-refractivity contribution in [2.24, 2.45) is 14.1 Å². The number of rotatable bonds is 17. The van der Waals surface area contributed by atoms with Crippen LogP contribution in [-0.4, -0.2) is 43.7 Å². The molecule has 0 aliphatic rings. The molecule has 2 heterocycles. The standard InChI is InChI=1S/C25H45N5O2/c1-5-6-7-15-18-27(2)19-16-13-11-9-8-10-12-14-17-20-30-24(31)22-23(26-21-28(22)3)29(4)25(30)32/h21H,5-20H2,1-4H3. The van der Waals surface area contributed by atoms with Crippen LogP contribution in [0, 0.1) is 0 Å². The van der Waals surface area contributed by atoms with Crippen LogP contribution in [0.25, 0.3) is 11.2 Å². The third-order valence-corrected chi connectivity index (χ3v) is 6.52. The lowest BCUT2D eigenvalue weighted by Gasteiger charge is -2.16. The molecule has 0 radical (unpaired) electrons. The highest BCUT2D eigenvalue weighted by Gasteiger charge is 2.14. The van der Waals surface area contributed by atoms with Crippen LogP contribution in [0.2, 0.25) is 0 Å².